The molecule has 0 unspecified atom stereocenters. The molecule has 1 aliphatic carbocycles. The first-order valence-corrected chi connectivity index (χ1v) is 15.6. The van der Waals surface area contributed by atoms with E-state index in [-0.39, 0.29) is 23.6 Å². The smallest absolute Gasteiger partial charge is 0.262 e. The summed E-state index contributed by atoms with van der Waals surface area (Å²) in [4.78, 5) is 57.9. The minimum atomic E-state index is -1.17. The maximum atomic E-state index is 14.4. The average molecular weight is 623 g/mol. The van der Waals surface area contributed by atoms with Crippen LogP contribution in [0.3, 0.4) is 0 Å². The number of rotatable bonds is 10. The molecular formula is C36H38N4O6. The predicted molar refractivity (Wildman–Crippen MR) is 174 cm³/mol. The molecule has 0 saturated heterocycles. The normalized spacial score (nSPS) is 15.5. The second-order valence-corrected chi connectivity index (χ2v) is 12.0. The van der Waals surface area contributed by atoms with Gasteiger partial charge in [0.05, 0.1) is 25.3 Å². The highest BCUT2D eigenvalue weighted by Crippen LogP contribution is 2.37. The molecule has 1 fully saturated rings. The van der Waals surface area contributed by atoms with Crippen LogP contribution in [-0.4, -0.2) is 70.8 Å². The van der Waals surface area contributed by atoms with Gasteiger partial charge in [-0.05, 0) is 73.4 Å². The van der Waals surface area contributed by atoms with Gasteiger partial charge in [-0.25, -0.2) is 0 Å². The third-order valence-electron chi connectivity index (χ3n) is 9.31. The van der Waals surface area contributed by atoms with Crippen LogP contribution >= 0.6 is 0 Å². The maximum Gasteiger partial charge on any atom is 0.262 e. The second kappa shape index (κ2) is 12.7. The molecule has 1 aliphatic heterocycles. The number of aryl methyl sites for hydroxylation is 1. The molecular weight excluding hydrogens is 584 g/mol. The molecule has 238 valence electrons. The Kier molecular flexibility index (Phi) is 8.53. The monoisotopic (exact) mass is 622 g/mol. The number of ether oxygens (including phenoxy) is 2. The Balaban J connectivity index is 1.33. The van der Waals surface area contributed by atoms with Crippen molar-refractivity contribution in [3.05, 3.63) is 89.6 Å². The number of carbonyl (C=O) groups is 4. The fourth-order valence-corrected chi connectivity index (χ4v) is 6.82. The molecule has 1 aromatic heterocycles. The molecule has 2 aliphatic rings. The Labute approximate surface area is 267 Å². The van der Waals surface area contributed by atoms with Gasteiger partial charge < -0.3 is 24.3 Å². The van der Waals surface area contributed by atoms with Crippen LogP contribution in [0.25, 0.3) is 10.9 Å². The summed E-state index contributed by atoms with van der Waals surface area (Å²) in [5.74, 6) is -0.594. The van der Waals surface area contributed by atoms with Crippen molar-refractivity contribution in [3.8, 4) is 11.5 Å². The molecule has 10 heteroatoms. The third kappa shape index (κ3) is 5.59. The van der Waals surface area contributed by atoms with Crippen LogP contribution in [0.5, 0.6) is 11.5 Å². The summed E-state index contributed by atoms with van der Waals surface area (Å²) in [6, 6.07) is 19.9. The molecule has 0 radical (unpaired) electrons. The lowest BCUT2D eigenvalue weighted by molar-refractivity contribution is -0.148. The van der Waals surface area contributed by atoms with Gasteiger partial charge in [-0.1, -0.05) is 37.5 Å². The van der Waals surface area contributed by atoms with Crippen molar-refractivity contribution in [1.29, 1.82) is 0 Å². The van der Waals surface area contributed by atoms with Crippen molar-refractivity contribution in [3.63, 3.8) is 0 Å². The number of aromatic nitrogens is 1. The van der Waals surface area contributed by atoms with Crippen LogP contribution in [0, 0.1) is 0 Å². The van der Waals surface area contributed by atoms with E-state index in [2.05, 4.69) is 5.32 Å². The second-order valence-electron chi connectivity index (χ2n) is 12.0. The number of fused-ring (bicyclic) bond motifs is 2. The lowest BCUT2D eigenvalue weighted by Crippen LogP contribution is -2.62. The summed E-state index contributed by atoms with van der Waals surface area (Å²) in [6.07, 6.45) is 5.78. The number of hydrogen-bond acceptors (Lipinski definition) is 6. The highest BCUT2D eigenvalue weighted by atomic mass is 16.5. The van der Waals surface area contributed by atoms with Crippen LogP contribution in [0.4, 0.5) is 5.69 Å². The van der Waals surface area contributed by atoms with E-state index in [1.54, 1.807) is 43.4 Å². The molecule has 1 N–H and O–H groups in total. The van der Waals surface area contributed by atoms with E-state index in [0.29, 0.717) is 36.4 Å². The molecule has 4 aromatic rings. The third-order valence-corrected chi connectivity index (χ3v) is 9.31. The molecule has 0 atom stereocenters. The maximum absolute atomic E-state index is 14.4. The molecule has 2 heterocycles. The van der Waals surface area contributed by atoms with E-state index in [9.17, 15) is 19.2 Å². The van der Waals surface area contributed by atoms with Crippen molar-refractivity contribution in [2.45, 2.75) is 44.1 Å². The molecule has 3 aromatic carbocycles. The lowest BCUT2D eigenvalue weighted by atomic mass is 9.78. The highest BCUT2D eigenvalue weighted by Gasteiger charge is 2.48. The molecule has 0 spiro atoms. The number of imide groups is 1. The van der Waals surface area contributed by atoms with Gasteiger partial charge in [0.15, 0.2) is 11.5 Å². The van der Waals surface area contributed by atoms with Crippen molar-refractivity contribution >= 4 is 40.2 Å². The standard InChI is InChI=1S/C36H38N4O6/c1-38-19-16-25-22-26(12-13-29(25)38)37-35(44)36(17-7-4-8-18-36)40(20-15-24-11-14-30(45-2)31(21-24)46-3)32(41)23-39-33(42)27-9-5-6-10-28(27)34(39)43/h5-6,9-14,16,19,21-22H,4,7-8,15,17-18,20,23H2,1-3H3,(H,37,44). The highest BCUT2D eigenvalue weighted by molar-refractivity contribution is 6.22. The summed E-state index contributed by atoms with van der Waals surface area (Å²) < 4.78 is 12.9. The van der Waals surface area contributed by atoms with E-state index in [1.807, 2.05) is 60.3 Å². The van der Waals surface area contributed by atoms with Gasteiger partial charge >= 0.3 is 0 Å². The summed E-state index contributed by atoms with van der Waals surface area (Å²) in [7, 11) is 5.10. The number of nitrogens with zero attached hydrogens (tertiary/aromatic N) is 3. The van der Waals surface area contributed by atoms with Gasteiger partial charge in [-0.15, -0.1) is 0 Å². The van der Waals surface area contributed by atoms with Crippen LogP contribution in [-0.2, 0) is 23.1 Å². The van der Waals surface area contributed by atoms with Crippen molar-refractivity contribution in [1.82, 2.24) is 14.4 Å². The van der Waals surface area contributed by atoms with E-state index in [1.165, 1.54) is 0 Å². The number of anilines is 1. The van der Waals surface area contributed by atoms with Crippen LogP contribution in [0.2, 0.25) is 0 Å². The number of hydrogen-bond donors (Lipinski definition) is 1. The van der Waals surface area contributed by atoms with Gasteiger partial charge in [-0.2, -0.15) is 0 Å². The van der Waals surface area contributed by atoms with Crippen molar-refractivity contribution in [2.75, 3.05) is 32.6 Å². The topological polar surface area (TPSA) is 110 Å². The minimum absolute atomic E-state index is 0.197. The molecule has 0 bridgehead atoms. The van der Waals surface area contributed by atoms with E-state index in [0.717, 1.165) is 40.6 Å². The predicted octanol–water partition coefficient (Wildman–Crippen LogP) is 5.20. The summed E-state index contributed by atoms with van der Waals surface area (Å²) >= 11 is 0. The zero-order valence-corrected chi connectivity index (χ0v) is 26.4. The number of nitrogens with one attached hydrogen (secondary N) is 1. The zero-order chi connectivity index (χ0) is 32.4. The van der Waals surface area contributed by atoms with Crippen molar-refractivity contribution < 1.29 is 28.7 Å². The minimum Gasteiger partial charge on any atom is -0.493 e. The molecule has 4 amide bonds. The summed E-state index contributed by atoms with van der Waals surface area (Å²) in [6.45, 7) is -0.258. The quantitative estimate of drug-likeness (QED) is 0.244. The first-order valence-electron chi connectivity index (χ1n) is 15.6. The van der Waals surface area contributed by atoms with Crippen LogP contribution in [0.1, 0.15) is 58.4 Å². The number of amides is 4. The van der Waals surface area contributed by atoms with Crippen molar-refractivity contribution in [2.24, 2.45) is 7.05 Å². The Morgan fingerprint density at radius 3 is 2.24 bits per heavy atom. The van der Waals surface area contributed by atoms with Gasteiger partial charge in [0.25, 0.3) is 11.8 Å². The fraction of sp³-hybridized carbons (Fsp3) is 0.333. The Hall–Kier alpha value is -5.12. The largest absolute Gasteiger partial charge is 0.493 e. The van der Waals surface area contributed by atoms with E-state index in [4.69, 9.17) is 9.47 Å². The van der Waals surface area contributed by atoms with E-state index >= 15 is 0 Å². The van der Waals surface area contributed by atoms with Gasteiger partial charge in [0.2, 0.25) is 11.8 Å². The van der Waals surface area contributed by atoms with Crippen LogP contribution in [0.15, 0.2) is 72.9 Å². The SMILES string of the molecule is COc1ccc(CCN(C(=O)CN2C(=O)c3ccccc3C2=O)C2(C(=O)Nc3ccc4c(ccn4C)c3)CCCCC2)cc1OC. The molecule has 6 rings (SSSR count). The van der Waals surface area contributed by atoms with Gasteiger partial charge in [-0.3, -0.25) is 24.1 Å². The Bertz CT molecular complexity index is 1790. The summed E-state index contributed by atoms with van der Waals surface area (Å²) in [5.41, 5.74) is 1.95. The fourth-order valence-electron chi connectivity index (χ4n) is 6.82. The first-order chi connectivity index (χ1) is 22.3. The van der Waals surface area contributed by atoms with E-state index < -0.39 is 29.8 Å². The average Bonchev–Trinajstić information content (AvgIpc) is 3.56. The van der Waals surface area contributed by atoms with Gasteiger partial charge in [0.1, 0.15) is 12.1 Å². The lowest BCUT2D eigenvalue weighted by Gasteiger charge is -2.45. The molecule has 10 nitrogen and oxygen atoms in total. The molecule has 46 heavy (non-hydrogen) atoms. The van der Waals surface area contributed by atoms with Gasteiger partial charge in [0, 0.05) is 36.4 Å². The molecule has 1 saturated carbocycles. The Morgan fingerprint density at radius 1 is 0.870 bits per heavy atom. The summed E-state index contributed by atoms with van der Waals surface area (Å²) in [5, 5.41) is 4.11. The van der Waals surface area contributed by atoms with Crippen LogP contribution < -0.4 is 14.8 Å². The zero-order valence-electron chi connectivity index (χ0n) is 26.4. The Morgan fingerprint density at radius 2 is 1.57 bits per heavy atom. The number of carbonyl (C=O) groups excluding carboxylic acids is 4. The number of benzene rings is 3. The first kappa shape index (κ1) is 30.9. The number of methoxy groups -OCH3 is 2.